The van der Waals surface area contributed by atoms with Crippen LogP contribution in [0.25, 0.3) is 101 Å². The molecule has 0 amide bonds. The van der Waals surface area contributed by atoms with Gasteiger partial charge in [-0.3, -0.25) is 0 Å². The predicted molar refractivity (Wildman–Crippen MR) is 251 cm³/mol. The summed E-state index contributed by atoms with van der Waals surface area (Å²) in [6, 6.07) is 86.1. The molecule has 0 unspecified atom stereocenters. The molecule has 1 heterocycles. The summed E-state index contributed by atoms with van der Waals surface area (Å²) in [5, 5.41) is 0. The number of benzene rings is 9. The summed E-state index contributed by atoms with van der Waals surface area (Å²) in [6.45, 7) is 0. The van der Waals surface area contributed by atoms with Gasteiger partial charge < -0.3 is 0 Å². The fraction of sp³-hybridized carbons (Fsp3) is 0. The molecule has 60 heavy (non-hydrogen) atoms. The molecule has 1 aromatic heterocycles. The number of nitrogens with zero attached hydrogens (tertiary/aromatic N) is 2. The molecular formula is C58H40N2. The van der Waals surface area contributed by atoms with Crippen molar-refractivity contribution in [2.45, 2.75) is 0 Å². The Bertz CT molecular complexity index is 3020. The summed E-state index contributed by atoms with van der Waals surface area (Å²) in [5.41, 5.74) is 18.6. The number of rotatable bonds is 9. The fourth-order valence-corrected chi connectivity index (χ4v) is 8.30. The van der Waals surface area contributed by atoms with Crippen molar-refractivity contribution in [3.63, 3.8) is 0 Å². The van der Waals surface area contributed by atoms with Crippen LogP contribution in [-0.4, -0.2) is 9.97 Å². The van der Waals surface area contributed by atoms with Gasteiger partial charge in [-0.2, -0.15) is 0 Å². The Morgan fingerprint density at radius 2 is 0.567 bits per heavy atom. The predicted octanol–water partition coefficient (Wildman–Crippen LogP) is 15.5. The zero-order chi connectivity index (χ0) is 40.1. The molecule has 9 aromatic carbocycles. The van der Waals surface area contributed by atoms with Gasteiger partial charge in [0.25, 0.3) is 0 Å². The van der Waals surface area contributed by atoms with Gasteiger partial charge in [-0.15, -0.1) is 0 Å². The van der Waals surface area contributed by atoms with E-state index >= 15 is 0 Å². The van der Waals surface area contributed by atoms with E-state index in [4.69, 9.17) is 9.97 Å². The summed E-state index contributed by atoms with van der Waals surface area (Å²) >= 11 is 0. The number of aromatic nitrogens is 2. The highest BCUT2D eigenvalue weighted by Crippen LogP contribution is 2.51. The van der Waals surface area contributed by atoms with Crippen LogP contribution in [0.1, 0.15) is 0 Å². The highest BCUT2D eigenvalue weighted by Gasteiger charge is 2.25. The summed E-state index contributed by atoms with van der Waals surface area (Å²) in [5.74, 6) is 0.679. The highest BCUT2D eigenvalue weighted by molar-refractivity contribution is 6.08. The van der Waals surface area contributed by atoms with E-state index in [-0.39, 0.29) is 0 Å². The first-order valence-electron chi connectivity index (χ1n) is 20.4. The summed E-state index contributed by atoms with van der Waals surface area (Å²) < 4.78 is 0. The zero-order valence-electron chi connectivity index (χ0n) is 33.0. The van der Waals surface area contributed by atoms with Crippen molar-refractivity contribution in [1.82, 2.24) is 9.97 Å². The average molecular weight is 765 g/mol. The normalized spacial score (nSPS) is 11.0. The average Bonchev–Trinajstić information content (AvgIpc) is 3.35. The SMILES string of the molecule is c1ccc(-c2ccc(-c3nc(-c4ccccc4)cc(-c4ccccc4-c4cc(-c5ccccc5)c(-c5ccccc5)c(-c5ccccc5)c4-c4ccccc4)n3)cc2)cc1. The molecule has 10 rings (SSSR count). The molecule has 0 N–H and O–H groups in total. The second-order valence-electron chi connectivity index (χ2n) is 14.9. The van der Waals surface area contributed by atoms with Gasteiger partial charge >= 0.3 is 0 Å². The van der Waals surface area contributed by atoms with Gasteiger partial charge in [0.2, 0.25) is 0 Å². The van der Waals surface area contributed by atoms with Crippen LogP contribution in [0.15, 0.2) is 243 Å². The molecule has 0 aliphatic carbocycles. The van der Waals surface area contributed by atoms with E-state index in [0.717, 1.165) is 67.0 Å². The van der Waals surface area contributed by atoms with Crippen molar-refractivity contribution in [1.29, 1.82) is 0 Å². The van der Waals surface area contributed by atoms with E-state index in [2.05, 4.69) is 231 Å². The lowest BCUT2D eigenvalue weighted by Gasteiger charge is -2.25. The van der Waals surface area contributed by atoms with E-state index in [1.54, 1.807) is 0 Å². The van der Waals surface area contributed by atoms with Gasteiger partial charge in [-0.1, -0.05) is 231 Å². The standard InChI is InChI=1S/C58H40N2/c1-7-21-41(22-8-1)42-35-37-48(38-36-42)58-59-53(44-25-11-3-12-26-44)40-54(60-58)50-34-20-19-33-49(50)52-39-51(43-23-9-2-10-24-43)55(45-27-13-4-14-28-45)57(47-31-17-6-18-32-47)56(52)46-29-15-5-16-30-46/h1-40H. The molecule has 2 nitrogen and oxygen atoms in total. The molecule has 10 aromatic rings. The van der Waals surface area contributed by atoms with Crippen molar-refractivity contribution in [2.75, 3.05) is 0 Å². The van der Waals surface area contributed by atoms with Crippen molar-refractivity contribution in [2.24, 2.45) is 0 Å². The van der Waals surface area contributed by atoms with Crippen molar-refractivity contribution >= 4 is 0 Å². The van der Waals surface area contributed by atoms with Gasteiger partial charge in [-0.05, 0) is 78.9 Å². The van der Waals surface area contributed by atoms with Gasteiger partial charge in [0.05, 0.1) is 11.4 Å². The maximum absolute atomic E-state index is 5.41. The molecule has 0 spiro atoms. The van der Waals surface area contributed by atoms with Gasteiger partial charge in [0.1, 0.15) is 0 Å². The Kier molecular flexibility index (Phi) is 10.0. The van der Waals surface area contributed by atoms with E-state index in [1.807, 2.05) is 12.1 Å². The van der Waals surface area contributed by atoms with Crippen molar-refractivity contribution in [3.8, 4) is 101 Å². The third-order valence-electron chi connectivity index (χ3n) is 11.1. The Labute approximate surface area is 351 Å². The molecule has 0 atom stereocenters. The first kappa shape index (κ1) is 36.4. The lowest BCUT2D eigenvalue weighted by molar-refractivity contribution is 1.18. The molecule has 0 bridgehead atoms. The second kappa shape index (κ2) is 16.5. The minimum Gasteiger partial charge on any atom is -0.228 e. The Balaban J connectivity index is 1.26. The van der Waals surface area contributed by atoms with Gasteiger partial charge in [0, 0.05) is 16.7 Å². The van der Waals surface area contributed by atoms with Crippen LogP contribution in [0.5, 0.6) is 0 Å². The second-order valence-corrected chi connectivity index (χ2v) is 14.9. The Morgan fingerprint density at radius 3 is 1.10 bits per heavy atom. The lowest BCUT2D eigenvalue weighted by Crippen LogP contribution is -2.00. The van der Waals surface area contributed by atoms with Crippen LogP contribution in [0, 0.1) is 0 Å². The quantitative estimate of drug-likeness (QED) is 0.146. The van der Waals surface area contributed by atoms with Crippen LogP contribution in [0.2, 0.25) is 0 Å². The molecule has 0 radical (unpaired) electrons. The van der Waals surface area contributed by atoms with E-state index in [0.29, 0.717) is 5.82 Å². The molecule has 0 aliphatic rings. The van der Waals surface area contributed by atoms with Crippen LogP contribution in [-0.2, 0) is 0 Å². The lowest BCUT2D eigenvalue weighted by atomic mass is 9.78. The van der Waals surface area contributed by atoms with Gasteiger partial charge in [-0.25, -0.2) is 9.97 Å². The minimum atomic E-state index is 0.679. The third-order valence-corrected chi connectivity index (χ3v) is 11.1. The molecule has 2 heteroatoms. The van der Waals surface area contributed by atoms with E-state index in [1.165, 1.54) is 27.8 Å². The maximum atomic E-state index is 5.41. The molecule has 0 saturated carbocycles. The van der Waals surface area contributed by atoms with E-state index < -0.39 is 0 Å². The minimum absolute atomic E-state index is 0.679. The topological polar surface area (TPSA) is 25.8 Å². The first-order chi connectivity index (χ1) is 29.8. The monoisotopic (exact) mass is 764 g/mol. The number of hydrogen-bond donors (Lipinski definition) is 0. The largest absolute Gasteiger partial charge is 0.228 e. The summed E-state index contributed by atoms with van der Waals surface area (Å²) in [7, 11) is 0. The smallest absolute Gasteiger partial charge is 0.160 e. The number of hydrogen-bond acceptors (Lipinski definition) is 2. The Hall–Kier alpha value is -7.94. The molecular weight excluding hydrogens is 725 g/mol. The zero-order valence-corrected chi connectivity index (χ0v) is 33.0. The molecule has 0 aliphatic heterocycles. The maximum Gasteiger partial charge on any atom is 0.160 e. The summed E-state index contributed by atoms with van der Waals surface area (Å²) in [4.78, 5) is 10.6. The molecule has 0 fully saturated rings. The van der Waals surface area contributed by atoms with Crippen molar-refractivity contribution < 1.29 is 0 Å². The molecule has 282 valence electrons. The van der Waals surface area contributed by atoms with E-state index in [9.17, 15) is 0 Å². The third kappa shape index (κ3) is 7.23. The van der Waals surface area contributed by atoms with Gasteiger partial charge in [0.15, 0.2) is 5.82 Å². The van der Waals surface area contributed by atoms with Crippen LogP contribution in [0.3, 0.4) is 0 Å². The molecule has 0 saturated heterocycles. The van der Waals surface area contributed by atoms with Crippen LogP contribution >= 0.6 is 0 Å². The van der Waals surface area contributed by atoms with Crippen molar-refractivity contribution in [3.05, 3.63) is 243 Å². The first-order valence-corrected chi connectivity index (χ1v) is 20.4. The van der Waals surface area contributed by atoms with Crippen LogP contribution < -0.4 is 0 Å². The van der Waals surface area contributed by atoms with Crippen LogP contribution in [0.4, 0.5) is 0 Å². The highest BCUT2D eigenvalue weighted by atomic mass is 14.9. The summed E-state index contributed by atoms with van der Waals surface area (Å²) in [6.07, 6.45) is 0. The fourth-order valence-electron chi connectivity index (χ4n) is 8.30. The Morgan fingerprint density at radius 1 is 0.200 bits per heavy atom.